The van der Waals surface area contributed by atoms with E-state index in [1.807, 2.05) is 12.1 Å². The zero-order chi connectivity index (χ0) is 10.4. The van der Waals surface area contributed by atoms with E-state index in [-0.39, 0.29) is 12.4 Å². The number of ether oxygens (including phenoxy) is 1. The van der Waals surface area contributed by atoms with E-state index in [2.05, 4.69) is 0 Å². The van der Waals surface area contributed by atoms with Crippen LogP contribution in [0.4, 0.5) is 0 Å². The second kappa shape index (κ2) is 5.15. The van der Waals surface area contributed by atoms with Crippen LogP contribution in [0, 0.1) is 11.3 Å². The first-order valence-electron chi connectivity index (χ1n) is 4.25. The molecule has 0 aliphatic heterocycles. The van der Waals surface area contributed by atoms with Gasteiger partial charge in [0, 0.05) is 7.11 Å². The number of nitriles is 1. The number of Topliss-reactive ketones (excluding diaryl/α,β-unsaturated/α-hetero) is 1. The Morgan fingerprint density at radius 2 is 2.14 bits per heavy atom. The van der Waals surface area contributed by atoms with Gasteiger partial charge in [0.1, 0.15) is 12.5 Å². The van der Waals surface area contributed by atoms with Crippen molar-refractivity contribution < 1.29 is 9.53 Å². The maximum atomic E-state index is 11.4. The second-order valence-corrected chi connectivity index (χ2v) is 2.87. The average Bonchev–Trinajstić information content (AvgIpc) is 2.21. The highest BCUT2D eigenvalue weighted by atomic mass is 16.5. The predicted octanol–water partition coefficient (Wildman–Crippen LogP) is 1.51. The molecule has 0 spiro atoms. The molecule has 0 fully saturated rings. The molecule has 1 aromatic rings. The smallest absolute Gasteiger partial charge is 0.179 e. The molecule has 0 amide bonds. The van der Waals surface area contributed by atoms with Crippen molar-refractivity contribution in [2.24, 2.45) is 0 Å². The number of ketones is 1. The quantitative estimate of drug-likeness (QED) is 0.721. The molecule has 3 heteroatoms. The zero-order valence-electron chi connectivity index (χ0n) is 7.93. The fourth-order valence-electron chi connectivity index (χ4n) is 1.20. The van der Waals surface area contributed by atoms with E-state index >= 15 is 0 Å². The molecule has 0 aliphatic carbocycles. The van der Waals surface area contributed by atoms with E-state index in [9.17, 15) is 4.79 Å². The Hall–Kier alpha value is -1.66. The van der Waals surface area contributed by atoms with E-state index in [0.717, 1.165) is 5.56 Å². The van der Waals surface area contributed by atoms with Crippen LogP contribution in [0.25, 0.3) is 0 Å². The minimum Gasteiger partial charge on any atom is -0.377 e. The average molecular weight is 189 g/mol. The number of methoxy groups -OCH3 is 1. The summed E-state index contributed by atoms with van der Waals surface area (Å²) >= 11 is 0. The topological polar surface area (TPSA) is 50.1 Å². The Kier molecular flexibility index (Phi) is 3.84. The maximum Gasteiger partial charge on any atom is 0.179 e. The molecule has 72 valence electrons. The molecule has 0 N–H and O–H groups in total. The highest BCUT2D eigenvalue weighted by molar-refractivity contribution is 5.89. The Bertz CT molecular complexity index is 340. The first-order valence-corrected chi connectivity index (χ1v) is 4.25. The number of carbonyl (C=O) groups excluding carboxylic acids is 1. The molecule has 0 saturated heterocycles. The molecule has 0 aliphatic rings. The van der Waals surface area contributed by atoms with Crippen LogP contribution < -0.4 is 0 Å². The van der Waals surface area contributed by atoms with E-state index in [4.69, 9.17) is 10.00 Å². The van der Waals surface area contributed by atoms with Gasteiger partial charge in [-0.25, -0.2) is 0 Å². The minimum absolute atomic E-state index is 0.0207. The number of hydrogen-bond acceptors (Lipinski definition) is 3. The van der Waals surface area contributed by atoms with Gasteiger partial charge in [-0.1, -0.05) is 30.3 Å². The molecular weight excluding hydrogens is 178 g/mol. The van der Waals surface area contributed by atoms with Crippen LogP contribution in [0.3, 0.4) is 0 Å². The molecule has 14 heavy (non-hydrogen) atoms. The largest absolute Gasteiger partial charge is 0.377 e. The fourth-order valence-corrected chi connectivity index (χ4v) is 1.20. The summed E-state index contributed by atoms with van der Waals surface area (Å²) in [6, 6.07) is 11.0. The van der Waals surface area contributed by atoms with Gasteiger partial charge in [0.2, 0.25) is 0 Å². The van der Waals surface area contributed by atoms with Crippen molar-refractivity contribution in [3.8, 4) is 6.07 Å². The SMILES string of the molecule is COCC(=O)[C@H](C#N)c1ccccc1. The summed E-state index contributed by atoms with van der Waals surface area (Å²) in [4.78, 5) is 11.4. The molecule has 3 nitrogen and oxygen atoms in total. The van der Waals surface area contributed by atoms with Gasteiger partial charge in [0.15, 0.2) is 5.78 Å². The Morgan fingerprint density at radius 3 is 2.64 bits per heavy atom. The maximum absolute atomic E-state index is 11.4. The first-order chi connectivity index (χ1) is 6.79. The van der Waals surface area contributed by atoms with E-state index in [0.29, 0.717) is 0 Å². The predicted molar refractivity (Wildman–Crippen MR) is 51.7 cm³/mol. The first kappa shape index (κ1) is 10.4. The van der Waals surface area contributed by atoms with Crippen LogP contribution in [0.5, 0.6) is 0 Å². The lowest BCUT2D eigenvalue weighted by Gasteiger charge is -2.06. The summed E-state index contributed by atoms with van der Waals surface area (Å²) < 4.78 is 4.71. The Labute approximate surface area is 82.9 Å². The molecule has 1 aromatic carbocycles. The van der Waals surface area contributed by atoms with Crippen molar-refractivity contribution in [2.45, 2.75) is 5.92 Å². The van der Waals surface area contributed by atoms with Crippen molar-refractivity contribution in [3.63, 3.8) is 0 Å². The molecule has 0 heterocycles. The molecular formula is C11H11NO2. The summed E-state index contributed by atoms with van der Waals surface area (Å²) in [5, 5.41) is 8.85. The third-order valence-corrected chi connectivity index (χ3v) is 1.87. The van der Waals surface area contributed by atoms with Crippen molar-refractivity contribution in [2.75, 3.05) is 13.7 Å². The highest BCUT2D eigenvalue weighted by Gasteiger charge is 2.18. The Morgan fingerprint density at radius 1 is 1.50 bits per heavy atom. The number of carbonyl (C=O) groups is 1. The van der Waals surface area contributed by atoms with Crippen molar-refractivity contribution in [1.29, 1.82) is 5.26 Å². The van der Waals surface area contributed by atoms with Crippen LogP contribution in [-0.4, -0.2) is 19.5 Å². The summed E-state index contributed by atoms with van der Waals surface area (Å²) in [7, 11) is 1.44. The van der Waals surface area contributed by atoms with Crippen LogP contribution >= 0.6 is 0 Å². The molecule has 0 unspecified atom stereocenters. The standard InChI is InChI=1S/C11H11NO2/c1-14-8-11(13)10(7-12)9-5-3-2-4-6-9/h2-6,10H,8H2,1H3/t10-/m1/s1. The van der Waals surface area contributed by atoms with Crippen molar-refractivity contribution in [1.82, 2.24) is 0 Å². The third-order valence-electron chi connectivity index (χ3n) is 1.87. The summed E-state index contributed by atoms with van der Waals surface area (Å²) in [5.74, 6) is -0.919. The second-order valence-electron chi connectivity index (χ2n) is 2.87. The summed E-state index contributed by atoms with van der Waals surface area (Å²) in [6.45, 7) is -0.0207. The molecule has 1 atom stereocenters. The van der Waals surface area contributed by atoms with Gasteiger partial charge in [0.25, 0.3) is 0 Å². The number of benzene rings is 1. The van der Waals surface area contributed by atoms with Crippen molar-refractivity contribution >= 4 is 5.78 Å². The minimum atomic E-state index is -0.712. The van der Waals surface area contributed by atoms with E-state index < -0.39 is 5.92 Å². The molecule has 1 rings (SSSR count). The lowest BCUT2D eigenvalue weighted by molar-refractivity contribution is -0.122. The van der Waals surface area contributed by atoms with Crippen LogP contribution in [-0.2, 0) is 9.53 Å². The summed E-state index contributed by atoms with van der Waals surface area (Å²) in [6.07, 6.45) is 0. The number of rotatable bonds is 4. The lowest BCUT2D eigenvalue weighted by Crippen LogP contribution is -2.15. The van der Waals surface area contributed by atoms with Crippen molar-refractivity contribution in [3.05, 3.63) is 35.9 Å². The molecule has 0 saturated carbocycles. The van der Waals surface area contributed by atoms with E-state index in [1.165, 1.54) is 7.11 Å². The molecule has 0 aromatic heterocycles. The fraction of sp³-hybridized carbons (Fsp3) is 0.273. The van der Waals surface area contributed by atoms with Gasteiger partial charge in [-0.2, -0.15) is 5.26 Å². The van der Waals surface area contributed by atoms with Crippen LogP contribution in [0.15, 0.2) is 30.3 Å². The Balaban J connectivity index is 2.84. The highest BCUT2D eigenvalue weighted by Crippen LogP contribution is 2.15. The van der Waals surface area contributed by atoms with Gasteiger partial charge in [-0.05, 0) is 5.56 Å². The molecule has 0 radical (unpaired) electrons. The van der Waals surface area contributed by atoms with Gasteiger partial charge in [0.05, 0.1) is 6.07 Å². The van der Waals surface area contributed by atoms with Gasteiger partial charge < -0.3 is 4.74 Å². The third kappa shape index (κ3) is 2.41. The lowest BCUT2D eigenvalue weighted by atomic mass is 9.97. The monoisotopic (exact) mass is 189 g/mol. The molecule has 0 bridgehead atoms. The number of hydrogen-bond donors (Lipinski definition) is 0. The van der Waals surface area contributed by atoms with Gasteiger partial charge >= 0.3 is 0 Å². The zero-order valence-corrected chi connectivity index (χ0v) is 7.93. The van der Waals surface area contributed by atoms with Crippen LogP contribution in [0.2, 0.25) is 0 Å². The van der Waals surface area contributed by atoms with E-state index in [1.54, 1.807) is 24.3 Å². The van der Waals surface area contributed by atoms with Gasteiger partial charge in [-0.3, -0.25) is 4.79 Å². The summed E-state index contributed by atoms with van der Waals surface area (Å²) in [5.41, 5.74) is 0.719. The normalized spacial score (nSPS) is 11.7. The van der Waals surface area contributed by atoms with Crippen LogP contribution in [0.1, 0.15) is 11.5 Å². The number of nitrogens with zero attached hydrogens (tertiary/aromatic N) is 1. The van der Waals surface area contributed by atoms with Gasteiger partial charge in [-0.15, -0.1) is 0 Å².